The summed E-state index contributed by atoms with van der Waals surface area (Å²) >= 11 is 0. The van der Waals surface area contributed by atoms with E-state index in [1.54, 1.807) is 7.11 Å². The number of methoxy groups -OCH3 is 1. The van der Waals surface area contributed by atoms with Crippen molar-refractivity contribution >= 4 is 22.7 Å². The van der Waals surface area contributed by atoms with E-state index in [4.69, 9.17) is 4.74 Å². The number of benzene rings is 2. The summed E-state index contributed by atoms with van der Waals surface area (Å²) in [6.45, 7) is 1.84. The van der Waals surface area contributed by atoms with Gasteiger partial charge >= 0.3 is 6.03 Å². The van der Waals surface area contributed by atoms with Crippen LogP contribution in [0.2, 0.25) is 0 Å². The van der Waals surface area contributed by atoms with Gasteiger partial charge in [-0.2, -0.15) is 0 Å². The summed E-state index contributed by atoms with van der Waals surface area (Å²) in [5.74, 6) is 0.667. The van der Waals surface area contributed by atoms with Crippen molar-refractivity contribution in [3.63, 3.8) is 0 Å². The van der Waals surface area contributed by atoms with E-state index in [-0.39, 0.29) is 18.5 Å². The van der Waals surface area contributed by atoms with Crippen molar-refractivity contribution in [2.45, 2.75) is 6.54 Å². The van der Waals surface area contributed by atoms with Gasteiger partial charge in [0.15, 0.2) is 0 Å². The van der Waals surface area contributed by atoms with Gasteiger partial charge in [-0.1, -0.05) is 18.2 Å². The number of urea groups is 1. The SMILES string of the molecule is COc1ccc2cc(CN(C)CC(=O)N3CCNC3=O)ccc2c1. The molecule has 0 radical (unpaired) electrons. The molecule has 3 amide bonds. The van der Waals surface area contributed by atoms with Gasteiger partial charge in [0.05, 0.1) is 13.7 Å². The van der Waals surface area contributed by atoms with Crippen LogP contribution in [0.1, 0.15) is 5.56 Å². The molecule has 0 spiro atoms. The highest BCUT2D eigenvalue weighted by molar-refractivity contribution is 5.96. The lowest BCUT2D eigenvalue weighted by molar-refractivity contribution is -0.128. The summed E-state index contributed by atoms with van der Waals surface area (Å²) in [6.07, 6.45) is 0. The number of hydrogen-bond acceptors (Lipinski definition) is 4. The van der Waals surface area contributed by atoms with E-state index in [0.717, 1.165) is 22.1 Å². The van der Waals surface area contributed by atoms with Crippen LogP contribution in [0, 0.1) is 0 Å². The molecule has 1 N–H and O–H groups in total. The van der Waals surface area contributed by atoms with E-state index in [0.29, 0.717) is 19.6 Å². The fraction of sp³-hybridized carbons (Fsp3) is 0.333. The molecule has 2 aromatic rings. The second-order valence-electron chi connectivity index (χ2n) is 6.00. The van der Waals surface area contributed by atoms with E-state index >= 15 is 0 Å². The molecule has 0 aliphatic carbocycles. The van der Waals surface area contributed by atoms with Gasteiger partial charge < -0.3 is 10.1 Å². The minimum atomic E-state index is -0.298. The van der Waals surface area contributed by atoms with Crippen LogP contribution in [0.25, 0.3) is 10.8 Å². The standard InChI is InChI=1S/C18H21N3O3/c1-20(12-17(22)21-8-7-19-18(21)23)11-13-3-4-15-10-16(24-2)6-5-14(15)9-13/h3-6,9-10H,7-8,11-12H2,1-2H3,(H,19,23). The van der Waals surface area contributed by atoms with Crippen LogP contribution in [0.4, 0.5) is 4.79 Å². The Balaban J connectivity index is 1.65. The Kier molecular flexibility index (Phi) is 4.66. The first-order valence-electron chi connectivity index (χ1n) is 7.90. The number of likely N-dealkylation sites (N-methyl/N-ethyl adjacent to an activating group) is 1. The quantitative estimate of drug-likeness (QED) is 0.910. The summed E-state index contributed by atoms with van der Waals surface area (Å²) in [7, 11) is 3.53. The summed E-state index contributed by atoms with van der Waals surface area (Å²) in [4.78, 5) is 26.9. The Morgan fingerprint density at radius 3 is 2.71 bits per heavy atom. The zero-order valence-electron chi connectivity index (χ0n) is 13.9. The molecule has 1 fully saturated rings. The van der Waals surface area contributed by atoms with Crippen LogP contribution in [-0.4, -0.2) is 55.5 Å². The van der Waals surface area contributed by atoms with Gasteiger partial charge in [0.2, 0.25) is 5.91 Å². The molecule has 6 heteroatoms. The average Bonchev–Trinajstić information content (AvgIpc) is 3.00. The molecule has 0 unspecified atom stereocenters. The molecular weight excluding hydrogens is 306 g/mol. The minimum Gasteiger partial charge on any atom is -0.497 e. The number of amides is 3. The number of rotatable bonds is 5. The van der Waals surface area contributed by atoms with Gasteiger partial charge in [-0.25, -0.2) is 4.79 Å². The van der Waals surface area contributed by atoms with Crippen LogP contribution < -0.4 is 10.1 Å². The number of fused-ring (bicyclic) bond motifs is 1. The van der Waals surface area contributed by atoms with E-state index in [1.807, 2.05) is 36.2 Å². The zero-order chi connectivity index (χ0) is 17.1. The van der Waals surface area contributed by atoms with E-state index in [1.165, 1.54) is 4.90 Å². The molecule has 0 atom stereocenters. The molecule has 1 saturated heterocycles. The third kappa shape index (κ3) is 3.49. The lowest BCUT2D eigenvalue weighted by Gasteiger charge is -2.19. The Morgan fingerprint density at radius 1 is 1.25 bits per heavy atom. The van der Waals surface area contributed by atoms with Crippen LogP contribution in [0.3, 0.4) is 0 Å². The molecule has 0 bridgehead atoms. The number of nitrogens with one attached hydrogen (secondary N) is 1. The van der Waals surface area contributed by atoms with Crippen LogP contribution >= 0.6 is 0 Å². The van der Waals surface area contributed by atoms with Crippen molar-refractivity contribution in [3.05, 3.63) is 42.0 Å². The molecule has 1 heterocycles. The fourth-order valence-corrected chi connectivity index (χ4v) is 2.89. The fourth-order valence-electron chi connectivity index (χ4n) is 2.89. The van der Waals surface area contributed by atoms with Crippen molar-refractivity contribution in [1.29, 1.82) is 0 Å². The number of hydrogen-bond donors (Lipinski definition) is 1. The normalized spacial score (nSPS) is 14.3. The molecule has 0 aromatic heterocycles. The van der Waals surface area contributed by atoms with Gasteiger partial charge in [0.25, 0.3) is 0 Å². The summed E-state index contributed by atoms with van der Waals surface area (Å²) in [5.41, 5.74) is 1.12. The highest BCUT2D eigenvalue weighted by Gasteiger charge is 2.26. The van der Waals surface area contributed by atoms with Crippen molar-refractivity contribution in [2.24, 2.45) is 0 Å². The zero-order valence-corrected chi connectivity index (χ0v) is 13.9. The first kappa shape index (κ1) is 16.3. The Bertz CT molecular complexity index is 775. The van der Waals surface area contributed by atoms with Gasteiger partial charge in [0.1, 0.15) is 5.75 Å². The molecule has 1 aliphatic rings. The maximum atomic E-state index is 12.1. The third-order valence-electron chi connectivity index (χ3n) is 4.13. The summed E-state index contributed by atoms with van der Waals surface area (Å²) in [6, 6.07) is 11.9. The summed E-state index contributed by atoms with van der Waals surface area (Å²) in [5, 5.41) is 4.89. The van der Waals surface area contributed by atoms with Crippen molar-refractivity contribution < 1.29 is 14.3 Å². The number of nitrogens with zero attached hydrogens (tertiary/aromatic N) is 2. The maximum absolute atomic E-state index is 12.1. The molecule has 1 aliphatic heterocycles. The highest BCUT2D eigenvalue weighted by Crippen LogP contribution is 2.22. The smallest absolute Gasteiger partial charge is 0.324 e. The van der Waals surface area contributed by atoms with Crippen LogP contribution in [-0.2, 0) is 11.3 Å². The molecule has 6 nitrogen and oxygen atoms in total. The second-order valence-corrected chi connectivity index (χ2v) is 6.00. The number of ether oxygens (including phenoxy) is 1. The van der Waals surface area contributed by atoms with Crippen LogP contribution in [0.15, 0.2) is 36.4 Å². The second kappa shape index (κ2) is 6.88. The molecule has 3 rings (SSSR count). The molecular formula is C18H21N3O3. The maximum Gasteiger partial charge on any atom is 0.324 e. The predicted octanol–water partition coefficient (Wildman–Crippen LogP) is 1.83. The predicted molar refractivity (Wildman–Crippen MR) is 91.9 cm³/mol. The number of carbonyl (C=O) groups excluding carboxylic acids is 2. The first-order chi connectivity index (χ1) is 11.6. The van der Waals surface area contributed by atoms with Gasteiger partial charge in [0, 0.05) is 19.6 Å². The van der Waals surface area contributed by atoms with E-state index < -0.39 is 0 Å². The molecule has 24 heavy (non-hydrogen) atoms. The van der Waals surface area contributed by atoms with Crippen molar-refractivity contribution in [1.82, 2.24) is 15.1 Å². The van der Waals surface area contributed by atoms with Crippen molar-refractivity contribution in [2.75, 3.05) is 33.8 Å². The summed E-state index contributed by atoms with van der Waals surface area (Å²) < 4.78 is 5.24. The molecule has 2 aromatic carbocycles. The van der Waals surface area contributed by atoms with E-state index in [9.17, 15) is 9.59 Å². The highest BCUT2D eigenvalue weighted by atomic mass is 16.5. The van der Waals surface area contributed by atoms with Gasteiger partial charge in [-0.05, 0) is 41.6 Å². The lowest BCUT2D eigenvalue weighted by Crippen LogP contribution is -2.40. The first-order valence-corrected chi connectivity index (χ1v) is 7.90. The Morgan fingerprint density at radius 2 is 2.00 bits per heavy atom. The lowest BCUT2D eigenvalue weighted by atomic mass is 10.1. The van der Waals surface area contributed by atoms with Crippen LogP contribution in [0.5, 0.6) is 5.75 Å². The van der Waals surface area contributed by atoms with Gasteiger partial charge in [-0.3, -0.25) is 14.6 Å². The Labute approximate surface area is 141 Å². The largest absolute Gasteiger partial charge is 0.497 e. The third-order valence-corrected chi connectivity index (χ3v) is 4.13. The molecule has 0 saturated carbocycles. The average molecular weight is 327 g/mol. The number of carbonyl (C=O) groups is 2. The monoisotopic (exact) mass is 327 g/mol. The van der Waals surface area contributed by atoms with Gasteiger partial charge in [-0.15, -0.1) is 0 Å². The Hall–Kier alpha value is -2.60. The minimum absolute atomic E-state index is 0.168. The topological polar surface area (TPSA) is 61.9 Å². The molecule has 126 valence electrons. The van der Waals surface area contributed by atoms with Crippen molar-refractivity contribution in [3.8, 4) is 5.75 Å². The van der Waals surface area contributed by atoms with E-state index in [2.05, 4.69) is 17.4 Å². The number of imide groups is 1.